The van der Waals surface area contributed by atoms with Crippen molar-refractivity contribution in [1.82, 2.24) is 0 Å². The van der Waals surface area contributed by atoms with Crippen molar-refractivity contribution in [3.05, 3.63) is 35.9 Å². The maximum absolute atomic E-state index is 8.97. The molecule has 1 aromatic rings. The molecule has 0 unspecified atom stereocenters. The van der Waals surface area contributed by atoms with Crippen LogP contribution in [0.25, 0.3) is 0 Å². The second-order valence-electron chi connectivity index (χ2n) is 3.53. The Morgan fingerprint density at radius 3 is 2.06 bits per heavy atom. The van der Waals surface area contributed by atoms with Gasteiger partial charge in [0.2, 0.25) is 0 Å². The molecule has 0 spiro atoms. The van der Waals surface area contributed by atoms with Crippen molar-refractivity contribution in [3.8, 4) is 0 Å². The monoisotopic (exact) mass is 261 g/mol. The molecule has 0 fully saturated rings. The first-order valence-corrected chi connectivity index (χ1v) is 6.84. The van der Waals surface area contributed by atoms with E-state index in [2.05, 4.69) is 29.4 Å². The predicted octanol–water partition coefficient (Wildman–Crippen LogP) is 1.14. The fraction of sp³-hybridized carbons (Fsp3) is 0.455. The number of hydrogen-bond donors (Lipinski definition) is 3. The van der Waals surface area contributed by atoms with E-state index in [0.717, 1.165) is 19.3 Å². The second-order valence-corrected chi connectivity index (χ2v) is 4.56. The Morgan fingerprint density at radius 1 is 1.06 bits per heavy atom. The van der Waals surface area contributed by atoms with Gasteiger partial charge >= 0.3 is 10.3 Å². The van der Waals surface area contributed by atoms with Gasteiger partial charge in [-0.2, -0.15) is 8.42 Å². The normalized spacial score (nSPS) is 10.5. The molecule has 0 aliphatic heterocycles. The lowest BCUT2D eigenvalue weighted by Gasteiger charge is -1.99. The quantitative estimate of drug-likeness (QED) is 0.546. The van der Waals surface area contributed by atoms with Crippen molar-refractivity contribution in [2.45, 2.75) is 25.7 Å². The van der Waals surface area contributed by atoms with Gasteiger partial charge in [-0.1, -0.05) is 36.8 Å². The third-order valence-electron chi connectivity index (χ3n) is 1.97. The van der Waals surface area contributed by atoms with Gasteiger partial charge in [0.1, 0.15) is 0 Å². The third-order valence-corrected chi connectivity index (χ3v) is 1.97. The summed E-state index contributed by atoms with van der Waals surface area (Å²) in [6.07, 6.45) is 4.39. The smallest absolute Gasteiger partial charge is 0.330 e. The minimum Gasteiger partial charge on any atom is -0.396 e. The molecule has 0 heterocycles. The number of benzene rings is 1. The molecule has 0 aliphatic rings. The van der Waals surface area contributed by atoms with Gasteiger partial charge in [-0.05, 0) is 24.8 Å². The van der Waals surface area contributed by atoms with E-state index >= 15 is 0 Å². The Balaban J connectivity index is 0.000000437. The van der Waals surface area contributed by atoms with Crippen LogP contribution < -0.4 is 5.14 Å². The SMILES string of the molecule is NS(=O)(=O)O.OCCCCCc1ccccc1. The highest BCUT2D eigenvalue weighted by Gasteiger charge is 1.90. The largest absolute Gasteiger partial charge is 0.396 e. The van der Waals surface area contributed by atoms with Crippen LogP contribution >= 0.6 is 0 Å². The lowest BCUT2D eigenvalue weighted by atomic mass is 10.1. The van der Waals surface area contributed by atoms with Crippen LogP contribution in [-0.2, 0) is 16.7 Å². The van der Waals surface area contributed by atoms with Crippen LogP contribution in [0.1, 0.15) is 24.8 Å². The van der Waals surface area contributed by atoms with Gasteiger partial charge in [0.25, 0.3) is 0 Å². The number of aliphatic hydroxyl groups is 1. The molecule has 0 aromatic heterocycles. The molecule has 5 nitrogen and oxygen atoms in total. The summed E-state index contributed by atoms with van der Waals surface area (Å²) in [5, 5.41) is 12.4. The average molecular weight is 261 g/mol. The number of hydrogen-bond acceptors (Lipinski definition) is 3. The first-order valence-electron chi connectivity index (χ1n) is 5.33. The van der Waals surface area contributed by atoms with Crippen molar-refractivity contribution in [2.75, 3.05) is 6.61 Å². The lowest BCUT2D eigenvalue weighted by molar-refractivity contribution is 0.283. The van der Waals surface area contributed by atoms with Crippen molar-refractivity contribution in [3.63, 3.8) is 0 Å². The highest BCUT2D eigenvalue weighted by molar-refractivity contribution is 7.83. The molecule has 6 heteroatoms. The molecule has 0 atom stereocenters. The van der Waals surface area contributed by atoms with Crippen LogP contribution in [0.3, 0.4) is 0 Å². The summed E-state index contributed by atoms with van der Waals surface area (Å²) in [5.41, 5.74) is 1.40. The second kappa shape index (κ2) is 9.12. The van der Waals surface area contributed by atoms with Gasteiger partial charge in [-0.25, -0.2) is 5.14 Å². The van der Waals surface area contributed by atoms with E-state index < -0.39 is 10.3 Å². The van der Waals surface area contributed by atoms with Crippen LogP contribution in [0.2, 0.25) is 0 Å². The zero-order valence-electron chi connectivity index (χ0n) is 9.62. The van der Waals surface area contributed by atoms with E-state index in [1.165, 1.54) is 12.0 Å². The average Bonchev–Trinajstić information content (AvgIpc) is 2.24. The van der Waals surface area contributed by atoms with Crippen LogP contribution in [-0.4, -0.2) is 24.7 Å². The summed E-state index contributed by atoms with van der Waals surface area (Å²) in [6, 6.07) is 10.5. The first-order chi connectivity index (χ1) is 7.93. The van der Waals surface area contributed by atoms with Gasteiger partial charge in [-0.3, -0.25) is 4.55 Å². The van der Waals surface area contributed by atoms with Crippen LogP contribution in [0.4, 0.5) is 0 Å². The number of aryl methyl sites for hydroxylation is 1. The fourth-order valence-corrected chi connectivity index (χ4v) is 1.26. The van der Waals surface area contributed by atoms with E-state index in [1.54, 1.807) is 0 Å². The molecular formula is C11H19NO4S. The molecule has 4 N–H and O–H groups in total. The lowest BCUT2D eigenvalue weighted by Crippen LogP contribution is -2.08. The van der Waals surface area contributed by atoms with Crippen molar-refractivity contribution in [1.29, 1.82) is 0 Å². The molecule has 0 radical (unpaired) electrons. The van der Waals surface area contributed by atoms with Crippen LogP contribution in [0.15, 0.2) is 30.3 Å². The summed E-state index contributed by atoms with van der Waals surface area (Å²) >= 11 is 0. The van der Waals surface area contributed by atoms with Crippen LogP contribution in [0.5, 0.6) is 0 Å². The number of unbranched alkanes of at least 4 members (excludes halogenated alkanes) is 2. The molecule has 17 heavy (non-hydrogen) atoms. The molecule has 98 valence electrons. The fourth-order valence-electron chi connectivity index (χ4n) is 1.26. The summed E-state index contributed by atoms with van der Waals surface area (Å²) in [4.78, 5) is 0. The van der Waals surface area contributed by atoms with Gasteiger partial charge in [0.15, 0.2) is 0 Å². The minimum absolute atomic E-state index is 0.328. The van der Waals surface area contributed by atoms with E-state index in [9.17, 15) is 0 Å². The van der Waals surface area contributed by atoms with Gasteiger partial charge < -0.3 is 5.11 Å². The van der Waals surface area contributed by atoms with Gasteiger partial charge in [0, 0.05) is 6.61 Å². The Bertz CT molecular complexity index is 370. The Hall–Kier alpha value is -0.950. The zero-order valence-corrected chi connectivity index (χ0v) is 10.4. The third kappa shape index (κ3) is 15.1. The molecule has 0 saturated heterocycles. The highest BCUT2D eigenvalue weighted by Crippen LogP contribution is 2.05. The summed E-state index contributed by atoms with van der Waals surface area (Å²) < 4.78 is 25.2. The van der Waals surface area contributed by atoms with Crippen molar-refractivity contribution < 1.29 is 18.1 Å². The van der Waals surface area contributed by atoms with E-state index in [4.69, 9.17) is 18.1 Å². The van der Waals surface area contributed by atoms with E-state index in [0.29, 0.717) is 6.61 Å². The van der Waals surface area contributed by atoms with Gasteiger partial charge in [-0.15, -0.1) is 0 Å². The molecular weight excluding hydrogens is 242 g/mol. The highest BCUT2D eigenvalue weighted by atomic mass is 32.2. The Labute approximate surface area is 102 Å². The summed E-state index contributed by atoms with van der Waals surface area (Å²) in [6.45, 7) is 0.328. The number of rotatable bonds is 5. The molecule has 1 aromatic carbocycles. The van der Waals surface area contributed by atoms with Crippen LogP contribution in [0, 0.1) is 0 Å². The Morgan fingerprint density at radius 2 is 1.59 bits per heavy atom. The number of nitrogens with two attached hydrogens (primary N) is 1. The van der Waals surface area contributed by atoms with Crippen molar-refractivity contribution in [2.24, 2.45) is 5.14 Å². The predicted molar refractivity (Wildman–Crippen MR) is 66.8 cm³/mol. The maximum atomic E-state index is 8.97. The zero-order chi connectivity index (χ0) is 13.1. The number of aliphatic hydroxyl groups excluding tert-OH is 1. The van der Waals surface area contributed by atoms with E-state index in [1.807, 2.05) is 6.07 Å². The van der Waals surface area contributed by atoms with Crippen molar-refractivity contribution >= 4 is 10.3 Å². The molecule has 0 bridgehead atoms. The minimum atomic E-state index is -4.17. The molecule has 0 amide bonds. The maximum Gasteiger partial charge on any atom is 0.330 e. The molecule has 1 rings (SSSR count). The van der Waals surface area contributed by atoms with Gasteiger partial charge in [0.05, 0.1) is 0 Å². The summed E-state index contributed by atoms with van der Waals surface area (Å²) in [7, 11) is -4.17. The summed E-state index contributed by atoms with van der Waals surface area (Å²) in [5.74, 6) is 0. The van der Waals surface area contributed by atoms with E-state index in [-0.39, 0.29) is 0 Å². The first kappa shape index (κ1) is 16.1. The standard InChI is InChI=1S/C11H16O.H3NO3S/c12-10-6-2-5-9-11-7-3-1-4-8-11;1-5(2,3)4/h1,3-4,7-8,12H,2,5-6,9-10H2;(H3,1,2,3,4). The topological polar surface area (TPSA) is 101 Å². The Kier molecular flexibility index (Phi) is 8.61. The molecule has 0 saturated carbocycles. The molecule has 0 aliphatic carbocycles.